The summed E-state index contributed by atoms with van der Waals surface area (Å²) in [5.41, 5.74) is -0.127. The van der Waals surface area contributed by atoms with E-state index in [1.165, 1.54) is 0 Å². The number of furan rings is 1. The summed E-state index contributed by atoms with van der Waals surface area (Å²) in [6, 6.07) is 4.85. The highest BCUT2D eigenvalue weighted by Gasteiger charge is 2.27. The normalized spacial score (nSPS) is 12.3. The molecule has 2 amide bonds. The summed E-state index contributed by atoms with van der Waals surface area (Å²) < 4.78 is 7.23. The molecule has 0 aliphatic carbocycles. The molecule has 0 saturated carbocycles. The summed E-state index contributed by atoms with van der Waals surface area (Å²) in [6.07, 6.45) is 3.44. The number of aryl methyl sites for hydroxylation is 1. The number of aromatic nitrogens is 1. The molecule has 2 N–H and O–H groups in total. The molecule has 2 aromatic heterocycles. The minimum Gasteiger partial charge on any atom is -0.443 e. The molecule has 0 radical (unpaired) electrons. The standard InChI is InChI=1S/C18H22N4O3/c1-11(15(23)21-18(3,4)5)20-16(24)14-12(2)25-17(13(14)10-19)22-8-6-7-9-22/h6-9,11H,1-5H3,(H,20,24)(H,21,23). The van der Waals surface area contributed by atoms with Crippen molar-refractivity contribution in [1.82, 2.24) is 15.2 Å². The van der Waals surface area contributed by atoms with Crippen LogP contribution in [0.5, 0.6) is 0 Å². The van der Waals surface area contributed by atoms with Crippen LogP contribution in [-0.4, -0.2) is 28.0 Å². The molecule has 2 heterocycles. The molecule has 1 unspecified atom stereocenters. The van der Waals surface area contributed by atoms with Crippen LogP contribution in [0.15, 0.2) is 28.9 Å². The van der Waals surface area contributed by atoms with Gasteiger partial charge >= 0.3 is 0 Å². The van der Waals surface area contributed by atoms with Crippen molar-refractivity contribution in [2.75, 3.05) is 0 Å². The average molecular weight is 342 g/mol. The van der Waals surface area contributed by atoms with Crippen LogP contribution in [0.3, 0.4) is 0 Å². The number of carbonyl (C=O) groups excluding carboxylic acids is 2. The molecule has 0 saturated heterocycles. The van der Waals surface area contributed by atoms with E-state index in [1.807, 2.05) is 26.8 Å². The third-order valence-electron chi connectivity index (χ3n) is 3.48. The first kappa shape index (κ1) is 18.3. The van der Waals surface area contributed by atoms with Gasteiger partial charge in [0.2, 0.25) is 11.8 Å². The highest BCUT2D eigenvalue weighted by Crippen LogP contribution is 2.25. The molecule has 7 nitrogen and oxygen atoms in total. The zero-order chi connectivity index (χ0) is 18.8. The van der Waals surface area contributed by atoms with Gasteiger partial charge in [0.25, 0.3) is 5.91 Å². The van der Waals surface area contributed by atoms with Crippen molar-refractivity contribution < 1.29 is 14.0 Å². The minimum atomic E-state index is -0.748. The maximum absolute atomic E-state index is 12.6. The number of nitriles is 1. The lowest BCUT2D eigenvalue weighted by atomic mass is 10.1. The summed E-state index contributed by atoms with van der Waals surface area (Å²) >= 11 is 0. The summed E-state index contributed by atoms with van der Waals surface area (Å²) in [6.45, 7) is 8.78. The monoisotopic (exact) mass is 342 g/mol. The lowest BCUT2D eigenvalue weighted by molar-refractivity contribution is -0.124. The maximum atomic E-state index is 12.6. The van der Waals surface area contributed by atoms with Gasteiger partial charge in [-0.1, -0.05) is 0 Å². The first-order valence-corrected chi connectivity index (χ1v) is 7.93. The van der Waals surface area contributed by atoms with Crippen molar-refractivity contribution in [3.05, 3.63) is 41.4 Å². The number of nitrogens with one attached hydrogen (secondary N) is 2. The van der Waals surface area contributed by atoms with E-state index in [9.17, 15) is 14.9 Å². The predicted octanol–water partition coefficient (Wildman–Crippen LogP) is 2.28. The molecular formula is C18H22N4O3. The van der Waals surface area contributed by atoms with E-state index in [0.29, 0.717) is 5.76 Å². The van der Waals surface area contributed by atoms with Gasteiger partial charge in [0, 0.05) is 17.9 Å². The number of hydrogen-bond donors (Lipinski definition) is 2. The zero-order valence-corrected chi connectivity index (χ0v) is 15.0. The molecule has 2 aromatic rings. The molecule has 1 atom stereocenters. The first-order chi connectivity index (χ1) is 11.6. The number of amides is 2. The van der Waals surface area contributed by atoms with Gasteiger partial charge in [0.15, 0.2) is 0 Å². The maximum Gasteiger partial charge on any atom is 0.256 e. The van der Waals surface area contributed by atoms with Gasteiger partial charge in [-0.15, -0.1) is 0 Å². The van der Waals surface area contributed by atoms with Gasteiger partial charge in [-0.25, -0.2) is 0 Å². The quantitative estimate of drug-likeness (QED) is 0.890. The Morgan fingerprint density at radius 2 is 1.88 bits per heavy atom. The summed E-state index contributed by atoms with van der Waals surface area (Å²) in [7, 11) is 0. The second kappa shape index (κ2) is 6.85. The van der Waals surface area contributed by atoms with Crippen LogP contribution >= 0.6 is 0 Å². The summed E-state index contributed by atoms with van der Waals surface area (Å²) in [5, 5.41) is 14.9. The SMILES string of the molecule is Cc1oc(-n2cccc2)c(C#N)c1C(=O)NC(C)C(=O)NC(C)(C)C. The lowest BCUT2D eigenvalue weighted by Crippen LogP contribution is -2.50. The van der Waals surface area contributed by atoms with Crippen molar-refractivity contribution in [3.8, 4) is 12.0 Å². The van der Waals surface area contributed by atoms with Crippen molar-refractivity contribution >= 4 is 11.8 Å². The highest BCUT2D eigenvalue weighted by molar-refractivity contribution is 6.00. The number of carbonyl (C=O) groups is 2. The Labute approximate surface area is 146 Å². The van der Waals surface area contributed by atoms with Crippen LogP contribution in [0, 0.1) is 18.3 Å². The Morgan fingerprint density at radius 1 is 1.28 bits per heavy atom. The fourth-order valence-electron chi connectivity index (χ4n) is 2.37. The van der Waals surface area contributed by atoms with Crippen LogP contribution in [0.25, 0.3) is 5.88 Å². The zero-order valence-electron chi connectivity index (χ0n) is 15.0. The second-order valence-electron chi connectivity index (χ2n) is 6.85. The molecule has 2 rings (SSSR count). The van der Waals surface area contributed by atoms with Gasteiger partial charge in [-0.05, 0) is 46.8 Å². The van der Waals surface area contributed by atoms with Crippen LogP contribution in [0.4, 0.5) is 0 Å². The van der Waals surface area contributed by atoms with E-state index in [2.05, 4.69) is 10.6 Å². The van der Waals surface area contributed by atoms with Gasteiger partial charge < -0.3 is 15.1 Å². The molecule has 0 spiro atoms. The average Bonchev–Trinajstić information content (AvgIpc) is 3.11. The molecule has 25 heavy (non-hydrogen) atoms. The smallest absolute Gasteiger partial charge is 0.256 e. The topological polar surface area (TPSA) is 100 Å². The Kier molecular flexibility index (Phi) is 5.02. The molecule has 132 valence electrons. The molecule has 0 aromatic carbocycles. The second-order valence-corrected chi connectivity index (χ2v) is 6.85. The number of rotatable bonds is 4. The van der Waals surface area contributed by atoms with Crippen LogP contribution in [0.2, 0.25) is 0 Å². The number of nitrogens with zero attached hydrogens (tertiary/aromatic N) is 2. The molecule has 0 aliphatic heterocycles. The third-order valence-corrected chi connectivity index (χ3v) is 3.48. The van der Waals surface area contributed by atoms with E-state index >= 15 is 0 Å². The van der Waals surface area contributed by atoms with Crippen LogP contribution in [-0.2, 0) is 4.79 Å². The van der Waals surface area contributed by atoms with Gasteiger partial charge in [0.05, 0.1) is 0 Å². The van der Waals surface area contributed by atoms with E-state index < -0.39 is 17.5 Å². The Morgan fingerprint density at radius 3 is 2.40 bits per heavy atom. The Bertz CT molecular complexity index is 820. The minimum absolute atomic E-state index is 0.134. The molecule has 0 fully saturated rings. The van der Waals surface area contributed by atoms with E-state index in [-0.39, 0.29) is 22.9 Å². The fraction of sp³-hybridized carbons (Fsp3) is 0.389. The Balaban J connectivity index is 2.26. The van der Waals surface area contributed by atoms with Crippen molar-refractivity contribution in [3.63, 3.8) is 0 Å². The van der Waals surface area contributed by atoms with E-state index in [0.717, 1.165) is 0 Å². The van der Waals surface area contributed by atoms with E-state index in [4.69, 9.17) is 4.42 Å². The lowest BCUT2D eigenvalue weighted by Gasteiger charge is -2.23. The van der Waals surface area contributed by atoms with Crippen LogP contribution < -0.4 is 10.6 Å². The molecular weight excluding hydrogens is 320 g/mol. The Hall–Kier alpha value is -3.01. The van der Waals surface area contributed by atoms with E-state index in [1.54, 1.807) is 42.9 Å². The van der Waals surface area contributed by atoms with Crippen molar-refractivity contribution in [1.29, 1.82) is 5.26 Å². The van der Waals surface area contributed by atoms with Crippen molar-refractivity contribution in [2.45, 2.75) is 46.2 Å². The molecule has 0 bridgehead atoms. The van der Waals surface area contributed by atoms with Crippen LogP contribution in [0.1, 0.15) is 49.4 Å². The number of hydrogen-bond acceptors (Lipinski definition) is 4. The highest BCUT2D eigenvalue weighted by atomic mass is 16.4. The van der Waals surface area contributed by atoms with Crippen molar-refractivity contribution in [2.24, 2.45) is 0 Å². The molecule has 7 heteroatoms. The van der Waals surface area contributed by atoms with Gasteiger partial charge in [0.1, 0.15) is 29.0 Å². The van der Waals surface area contributed by atoms with Gasteiger partial charge in [-0.3, -0.25) is 14.2 Å². The largest absolute Gasteiger partial charge is 0.443 e. The molecule has 0 aliphatic rings. The van der Waals surface area contributed by atoms with Gasteiger partial charge in [-0.2, -0.15) is 5.26 Å². The first-order valence-electron chi connectivity index (χ1n) is 7.93. The summed E-state index contributed by atoms with van der Waals surface area (Å²) in [5.74, 6) is -0.220. The third kappa shape index (κ3) is 4.10. The predicted molar refractivity (Wildman–Crippen MR) is 92.3 cm³/mol. The summed E-state index contributed by atoms with van der Waals surface area (Å²) in [4.78, 5) is 24.7. The fourth-order valence-corrected chi connectivity index (χ4v) is 2.37.